The molecule has 7 heteroatoms. The Labute approximate surface area is 106 Å². The molecule has 0 heterocycles. The summed E-state index contributed by atoms with van der Waals surface area (Å²) in [6.07, 6.45) is 0.500. The number of hydrogen-bond acceptors (Lipinski definition) is 4. The van der Waals surface area contributed by atoms with Gasteiger partial charge in [0.1, 0.15) is 0 Å². The molecule has 18 heavy (non-hydrogen) atoms. The summed E-state index contributed by atoms with van der Waals surface area (Å²) in [7, 11) is -3.79. The second-order valence-corrected chi connectivity index (χ2v) is 5.59. The largest absolute Gasteiger partial charge is 0.324 e. The lowest BCUT2D eigenvalue weighted by atomic mass is 10.1. The minimum Gasteiger partial charge on any atom is -0.324 e. The Morgan fingerprint density at radius 3 is 2.56 bits per heavy atom. The van der Waals surface area contributed by atoms with Gasteiger partial charge in [-0.2, -0.15) is 0 Å². The van der Waals surface area contributed by atoms with Crippen molar-refractivity contribution in [2.75, 3.05) is 5.32 Å². The number of carbonyl (C=O) groups is 1. The number of hydrogen-bond donors (Lipinski definition) is 3. The molecule has 1 amide bonds. The quantitative estimate of drug-likeness (QED) is 0.731. The molecule has 0 aliphatic rings. The number of carbonyl (C=O) groups excluding carboxylic acids is 1. The SMILES string of the molecule is CC[C@H](N)C(=O)Nc1cc(S(N)(=O)=O)ccc1C. The highest BCUT2D eigenvalue weighted by Gasteiger charge is 2.14. The maximum atomic E-state index is 11.6. The lowest BCUT2D eigenvalue weighted by Crippen LogP contribution is -2.35. The molecule has 0 aromatic heterocycles. The molecule has 0 bridgehead atoms. The Kier molecular flexibility index (Phi) is 4.44. The standard InChI is InChI=1S/C11H17N3O3S/c1-3-9(12)11(15)14-10-6-8(18(13,16)17)5-4-7(10)2/h4-6,9H,3,12H2,1-2H3,(H,14,15)(H2,13,16,17)/t9-/m0/s1. The maximum Gasteiger partial charge on any atom is 0.241 e. The number of amides is 1. The Morgan fingerprint density at radius 1 is 1.44 bits per heavy atom. The lowest BCUT2D eigenvalue weighted by molar-refractivity contribution is -0.117. The zero-order valence-corrected chi connectivity index (χ0v) is 11.1. The summed E-state index contributed by atoms with van der Waals surface area (Å²) in [5.41, 5.74) is 6.72. The van der Waals surface area contributed by atoms with Crippen LogP contribution in [-0.2, 0) is 14.8 Å². The van der Waals surface area contributed by atoms with Crippen LogP contribution >= 0.6 is 0 Å². The number of sulfonamides is 1. The lowest BCUT2D eigenvalue weighted by Gasteiger charge is -2.13. The predicted octanol–water partition coefficient (Wildman–Crippen LogP) is 0.318. The van der Waals surface area contributed by atoms with E-state index in [1.165, 1.54) is 12.1 Å². The third-order valence-electron chi connectivity index (χ3n) is 2.57. The number of nitrogens with one attached hydrogen (secondary N) is 1. The fourth-order valence-electron chi connectivity index (χ4n) is 1.32. The van der Waals surface area contributed by atoms with E-state index in [2.05, 4.69) is 5.32 Å². The average Bonchev–Trinajstić information content (AvgIpc) is 2.29. The number of rotatable bonds is 4. The summed E-state index contributed by atoms with van der Waals surface area (Å²) in [6.45, 7) is 3.54. The van der Waals surface area contributed by atoms with Gasteiger partial charge in [0.25, 0.3) is 0 Å². The van der Waals surface area contributed by atoms with Crippen LogP contribution in [0.15, 0.2) is 23.1 Å². The molecule has 0 fully saturated rings. The van der Waals surface area contributed by atoms with Crippen molar-refractivity contribution in [1.82, 2.24) is 0 Å². The second-order valence-electron chi connectivity index (χ2n) is 4.03. The highest BCUT2D eigenvalue weighted by atomic mass is 32.2. The predicted molar refractivity (Wildman–Crippen MR) is 69.4 cm³/mol. The molecule has 0 saturated carbocycles. The van der Waals surface area contributed by atoms with Crippen LogP contribution in [0.2, 0.25) is 0 Å². The number of primary sulfonamides is 1. The average molecular weight is 271 g/mol. The number of anilines is 1. The first kappa shape index (κ1) is 14.6. The van der Waals surface area contributed by atoms with Crippen LogP contribution in [0.1, 0.15) is 18.9 Å². The summed E-state index contributed by atoms with van der Waals surface area (Å²) < 4.78 is 22.4. The summed E-state index contributed by atoms with van der Waals surface area (Å²) in [4.78, 5) is 11.6. The summed E-state index contributed by atoms with van der Waals surface area (Å²) in [6, 6.07) is 3.67. The van der Waals surface area contributed by atoms with Crippen LogP contribution in [0, 0.1) is 6.92 Å². The number of benzene rings is 1. The Hall–Kier alpha value is -1.44. The van der Waals surface area contributed by atoms with Gasteiger partial charge in [0.05, 0.1) is 10.9 Å². The van der Waals surface area contributed by atoms with Crippen LogP contribution < -0.4 is 16.2 Å². The second kappa shape index (κ2) is 5.47. The van der Waals surface area contributed by atoms with Crippen LogP contribution in [0.25, 0.3) is 0 Å². The molecule has 100 valence electrons. The highest BCUT2D eigenvalue weighted by Crippen LogP contribution is 2.19. The number of aryl methyl sites for hydroxylation is 1. The van der Waals surface area contributed by atoms with Crippen molar-refractivity contribution in [3.63, 3.8) is 0 Å². The molecule has 6 nitrogen and oxygen atoms in total. The Bertz CT molecular complexity index is 555. The van der Waals surface area contributed by atoms with E-state index in [4.69, 9.17) is 10.9 Å². The highest BCUT2D eigenvalue weighted by molar-refractivity contribution is 7.89. The van der Waals surface area contributed by atoms with E-state index in [9.17, 15) is 13.2 Å². The first-order valence-electron chi connectivity index (χ1n) is 5.45. The van der Waals surface area contributed by atoms with Gasteiger partial charge in [0.2, 0.25) is 15.9 Å². The van der Waals surface area contributed by atoms with Gasteiger partial charge in [-0.25, -0.2) is 13.6 Å². The van der Waals surface area contributed by atoms with Gasteiger partial charge in [0, 0.05) is 5.69 Å². The molecular formula is C11H17N3O3S. The van der Waals surface area contributed by atoms with Gasteiger partial charge >= 0.3 is 0 Å². The molecule has 0 aliphatic heterocycles. The van der Waals surface area contributed by atoms with Crippen molar-refractivity contribution in [3.8, 4) is 0 Å². The zero-order chi connectivity index (χ0) is 13.9. The Balaban J connectivity index is 3.06. The molecule has 0 unspecified atom stereocenters. The normalized spacial score (nSPS) is 13.1. The van der Waals surface area contributed by atoms with Crippen molar-refractivity contribution in [2.45, 2.75) is 31.2 Å². The van der Waals surface area contributed by atoms with Gasteiger partial charge in [-0.3, -0.25) is 4.79 Å². The third kappa shape index (κ3) is 3.52. The van der Waals surface area contributed by atoms with Gasteiger partial charge < -0.3 is 11.1 Å². The minimum atomic E-state index is -3.79. The molecule has 1 aromatic carbocycles. The van der Waals surface area contributed by atoms with E-state index < -0.39 is 16.1 Å². The Morgan fingerprint density at radius 2 is 2.06 bits per heavy atom. The molecule has 1 aromatic rings. The first-order valence-corrected chi connectivity index (χ1v) is 7.00. The zero-order valence-electron chi connectivity index (χ0n) is 10.3. The van der Waals surface area contributed by atoms with Gasteiger partial charge in [-0.1, -0.05) is 13.0 Å². The molecular weight excluding hydrogens is 254 g/mol. The van der Waals surface area contributed by atoms with Crippen molar-refractivity contribution in [1.29, 1.82) is 0 Å². The van der Waals surface area contributed by atoms with Crippen LogP contribution in [0.4, 0.5) is 5.69 Å². The minimum absolute atomic E-state index is 0.0477. The molecule has 0 aliphatic carbocycles. The van der Waals surface area contributed by atoms with Gasteiger partial charge in [-0.15, -0.1) is 0 Å². The number of nitrogens with two attached hydrogens (primary N) is 2. The summed E-state index contributed by atoms with van der Waals surface area (Å²) in [5, 5.41) is 7.62. The van der Waals surface area contributed by atoms with Crippen LogP contribution in [0.3, 0.4) is 0 Å². The van der Waals surface area contributed by atoms with Crippen molar-refractivity contribution < 1.29 is 13.2 Å². The van der Waals surface area contributed by atoms with E-state index in [-0.39, 0.29) is 10.8 Å². The smallest absolute Gasteiger partial charge is 0.241 e. The first-order chi connectivity index (χ1) is 8.25. The third-order valence-corrected chi connectivity index (χ3v) is 3.48. The van der Waals surface area contributed by atoms with Gasteiger partial charge in [0.15, 0.2) is 0 Å². The van der Waals surface area contributed by atoms with E-state index in [0.29, 0.717) is 12.1 Å². The summed E-state index contributed by atoms with van der Waals surface area (Å²) in [5.74, 6) is -0.354. The molecule has 0 saturated heterocycles. The fourth-order valence-corrected chi connectivity index (χ4v) is 1.86. The topological polar surface area (TPSA) is 115 Å². The maximum absolute atomic E-state index is 11.6. The van der Waals surface area contributed by atoms with Gasteiger partial charge in [-0.05, 0) is 31.0 Å². The monoisotopic (exact) mass is 271 g/mol. The van der Waals surface area contributed by atoms with E-state index in [1.54, 1.807) is 19.9 Å². The van der Waals surface area contributed by atoms with Crippen LogP contribution in [-0.4, -0.2) is 20.4 Å². The van der Waals surface area contributed by atoms with Crippen molar-refractivity contribution >= 4 is 21.6 Å². The molecule has 0 radical (unpaired) electrons. The van der Waals surface area contributed by atoms with E-state index >= 15 is 0 Å². The fraction of sp³-hybridized carbons (Fsp3) is 0.364. The van der Waals surface area contributed by atoms with Crippen molar-refractivity contribution in [2.24, 2.45) is 10.9 Å². The molecule has 5 N–H and O–H groups in total. The molecule has 1 rings (SSSR count). The molecule has 0 spiro atoms. The van der Waals surface area contributed by atoms with Crippen molar-refractivity contribution in [3.05, 3.63) is 23.8 Å². The van der Waals surface area contributed by atoms with E-state index in [0.717, 1.165) is 5.56 Å². The summed E-state index contributed by atoms with van der Waals surface area (Å²) >= 11 is 0. The van der Waals surface area contributed by atoms with Crippen LogP contribution in [0.5, 0.6) is 0 Å². The van der Waals surface area contributed by atoms with E-state index in [1.807, 2.05) is 0 Å². The molecule has 1 atom stereocenters.